The molecule has 2 aromatic rings. The van der Waals surface area contributed by atoms with E-state index in [1.165, 1.54) is 24.3 Å². The summed E-state index contributed by atoms with van der Waals surface area (Å²) in [6.07, 6.45) is -0.472. The Bertz CT molecular complexity index is 1390. The maximum atomic E-state index is 14.3. The Labute approximate surface area is 240 Å². The number of aryl methyl sites for hydroxylation is 1. The second-order valence-electron chi connectivity index (χ2n) is 10.6. The first-order chi connectivity index (χ1) is 19.2. The SMILES string of the molecule is C=CO.O=C(C1CCCCC1)N1CCC2(S(=O)(=O)c3ccc(Cl)cc3)c3ccc(C(F)(F)C(F)(F)F)cc3CCC12. The quantitative estimate of drug-likeness (QED) is 0.284. The summed E-state index contributed by atoms with van der Waals surface area (Å²) in [6.45, 7) is 3.08. The lowest BCUT2D eigenvalue weighted by atomic mass is 9.77. The summed E-state index contributed by atoms with van der Waals surface area (Å²) in [4.78, 5) is 15.2. The van der Waals surface area contributed by atoms with Crippen LogP contribution in [0.4, 0.5) is 22.0 Å². The number of sulfone groups is 1. The summed E-state index contributed by atoms with van der Waals surface area (Å²) in [5.41, 5.74) is -0.911. The van der Waals surface area contributed by atoms with E-state index >= 15 is 0 Å². The molecule has 0 bridgehead atoms. The van der Waals surface area contributed by atoms with Crippen LogP contribution in [-0.2, 0) is 31.7 Å². The molecule has 41 heavy (non-hydrogen) atoms. The Hall–Kier alpha value is -2.66. The van der Waals surface area contributed by atoms with Gasteiger partial charge >= 0.3 is 12.1 Å². The Balaban J connectivity index is 0.00000124. The van der Waals surface area contributed by atoms with E-state index < -0.39 is 38.3 Å². The van der Waals surface area contributed by atoms with Crippen LogP contribution in [0.5, 0.6) is 0 Å². The minimum atomic E-state index is -5.79. The normalized spacial score (nSPS) is 23.2. The molecule has 2 unspecified atom stereocenters. The van der Waals surface area contributed by atoms with Gasteiger partial charge < -0.3 is 10.0 Å². The average molecular weight is 620 g/mol. The molecule has 2 atom stereocenters. The van der Waals surface area contributed by atoms with E-state index in [4.69, 9.17) is 16.7 Å². The van der Waals surface area contributed by atoms with Gasteiger partial charge in [0.1, 0.15) is 4.75 Å². The lowest BCUT2D eigenvalue weighted by Crippen LogP contribution is -2.53. The molecule has 0 aromatic heterocycles. The topological polar surface area (TPSA) is 74.7 Å². The van der Waals surface area contributed by atoms with Crippen molar-refractivity contribution >= 4 is 27.3 Å². The molecule has 1 aliphatic heterocycles. The highest BCUT2D eigenvalue weighted by Crippen LogP contribution is 2.54. The number of nitrogens with zero attached hydrogens (tertiary/aromatic N) is 1. The molecule has 2 aliphatic carbocycles. The van der Waals surface area contributed by atoms with Crippen molar-refractivity contribution in [2.45, 2.75) is 79.1 Å². The number of rotatable bonds is 4. The molecule has 0 radical (unpaired) electrons. The van der Waals surface area contributed by atoms with Gasteiger partial charge in [-0.05, 0) is 73.6 Å². The number of carbonyl (C=O) groups excluding carboxylic acids is 1. The van der Waals surface area contributed by atoms with Gasteiger partial charge in [-0.3, -0.25) is 4.79 Å². The highest BCUT2D eigenvalue weighted by Gasteiger charge is 2.62. The Morgan fingerprint density at radius 3 is 2.22 bits per heavy atom. The molecule has 2 fully saturated rings. The Morgan fingerprint density at radius 2 is 1.63 bits per heavy atom. The predicted molar refractivity (Wildman–Crippen MR) is 145 cm³/mol. The number of aliphatic hydroxyl groups is 1. The molecule has 12 heteroatoms. The molecule has 0 spiro atoms. The van der Waals surface area contributed by atoms with Crippen LogP contribution >= 0.6 is 11.6 Å². The first-order valence-electron chi connectivity index (χ1n) is 13.4. The monoisotopic (exact) mass is 619 g/mol. The number of hydrogen-bond donors (Lipinski definition) is 1. The van der Waals surface area contributed by atoms with Gasteiger partial charge in [0.05, 0.1) is 17.2 Å². The van der Waals surface area contributed by atoms with E-state index in [9.17, 15) is 35.2 Å². The number of hydrogen-bond acceptors (Lipinski definition) is 4. The zero-order valence-corrected chi connectivity index (χ0v) is 23.7. The van der Waals surface area contributed by atoms with Gasteiger partial charge in [0.2, 0.25) is 5.91 Å². The Morgan fingerprint density at radius 1 is 1.02 bits per heavy atom. The van der Waals surface area contributed by atoms with Crippen LogP contribution in [0, 0.1) is 5.92 Å². The van der Waals surface area contributed by atoms with Crippen LogP contribution in [0.25, 0.3) is 0 Å². The fourth-order valence-corrected chi connectivity index (χ4v) is 9.05. The number of aliphatic hydroxyl groups excluding tert-OH is 1. The number of amides is 1. The molecule has 2 aromatic carbocycles. The van der Waals surface area contributed by atoms with Crippen LogP contribution < -0.4 is 0 Å². The fourth-order valence-electron chi connectivity index (χ4n) is 6.56. The van der Waals surface area contributed by atoms with Gasteiger partial charge in [-0.15, -0.1) is 0 Å². The zero-order valence-electron chi connectivity index (χ0n) is 22.1. The van der Waals surface area contributed by atoms with E-state index in [-0.39, 0.29) is 53.7 Å². The molecule has 1 N–H and O–H groups in total. The van der Waals surface area contributed by atoms with Crippen LogP contribution in [0.1, 0.15) is 61.6 Å². The maximum Gasteiger partial charge on any atom is 0.458 e. The number of likely N-dealkylation sites (tertiary alicyclic amines) is 1. The third-order valence-electron chi connectivity index (χ3n) is 8.45. The van der Waals surface area contributed by atoms with Gasteiger partial charge in [-0.1, -0.05) is 49.6 Å². The van der Waals surface area contributed by atoms with Crippen LogP contribution in [0.15, 0.2) is 60.2 Å². The van der Waals surface area contributed by atoms with E-state index in [1.807, 2.05) is 0 Å². The predicted octanol–water partition coefficient (Wildman–Crippen LogP) is 7.48. The second kappa shape index (κ2) is 11.6. The number of halogens is 6. The van der Waals surface area contributed by atoms with Crippen molar-refractivity contribution in [3.63, 3.8) is 0 Å². The minimum Gasteiger partial charge on any atom is -0.516 e. The molecule has 1 amide bonds. The van der Waals surface area contributed by atoms with Crippen LogP contribution in [0.2, 0.25) is 5.02 Å². The van der Waals surface area contributed by atoms with E-state index in [1.54, 1.807) is 4.90 Å². The van der Waals surface area contributed by atoms with E-state index in [0.717, 1.165) is 50.5 Å². The van der Waals surface area contributed by atoms with Gasteiger partial charge in [0.15, 0.2) is 9.84 Å². The molecule has 1 saturated carbocycles. The molecule has 3 aliphatic rings. The van der Waals surface area contributed by atoms with Crippen molar-refractivity contribution in [2.75, 3.05) is 6.54 Å². The zero-order chi connectivity index (χ0) is 30.2. The van der Waals surface area contributed by atoms with Crippen molar-refractivity contribution in [2.24, 2.45) is 5.92 Å². The summed E-state index contributed by atoms with van der Waals surface area (Å²) in [6, 6.07) is 7.35. The second-order valence-corrected chi connectivity index (χ2v) is 13.3. The third kappa shape index (κ3) is 5.35. The number of alkyl halides is 5. The standard InChI is InChI=1S/C27H27ClF5NO3S.C2H4O/c28-20-8-10-21(11-9-20)38(36,37)25-14-15-34(24(35)17-4-2-1-3-5-17)23(25)13-6-18-16-19(7-12-22(18)25)26(29,30)27(31,32)33;1-2-3/h7-12,16-17,23H,1-6,13-15H2;2-3H,1H2. The van der Waals surface area contributed by atoms with Crippen LogP contribution in [0.3, 0.4) is 0 Å². The highest BCUT2D eigenvalue weighted by atomic mass is 35.5. The van der Waals surface area contributed by atoms with Crippen molar-refractivity contribution < 1.29 is 40.3 Å². The molecule has 5 nitrogen and oxygen atoms in total. The molecular formula is C29H31ClF5NO4S. The number of fused-ring (bicyclic) bond motifs is 3. The molecule has 224 valence electrons. The van der Waals surface area contributed by atoms with E-state index in [2.05, 4.69) is 6.58 Å². The minimum absolute atomic E-state index is 0.0170. The lowest BCUT2D eigenvalue weighted by molar-refractivity contribution is -0.289. The van der Waals surface area contributed by atoms with E-state index in [0.29, 0.717) is 11.1 Å². The van der Waals surface area contributed by atoms with Crippen molar-refractivity contribution in [1.29, 1.82) is 0 Å². The summed E-state index contributed by atoms with van der Waals surface area (Å²) < 4.78 is 94.7. The Kier molecular flexibility index (Phi) is 8.81. The number of benzene rings is 2. The molecule has 1 heterocycles. The van der Waals surface area contributed by atoms with Gasteiger partial charge in [-0.2, -0.15) is 22.0 Å². The summed E-state index contributed by atoms with van der Waals surface area (Å²) in [7, 11) is -4.23. The summed E-state index contributed by atoms with van der Waals surface area (Å²) >= 11 is 5.98. The third-order valence-corrected chi connectivity index (χ3v) is 11.2. The van der Waals surface area contributed by atoms with Crippen molar-refractivity contribution in [3.8, 4) is 0 Å². The van der Waals surface area contributed by atoms with Crippen LogP contribution in [-0.4, -0.2) is 43.1 Å². The van der Waals surface area contributed by atoms with Gasteiger partial charge in [-0.25, -0.2) is 8.42 Å². The first kappa shape index (κ1) is 31.3. The molecule has 1 saturated heterocycles. The van der Waals surface area contributed by atoms with Crippen molar-refractivity contribution in [1.82, 2.24) is 4.90 Å². The lowest BCUT2D eigenvalue weighted by Gasteiger charge is -2.43. The maximum absolute atomic E-state index is 14.3. The van der Waals surface area contributed by atoms with Gasteiger partial charge in [0, 0.05) is 23.0 Å². The first-order valence-corrected chi connectivity index (χ1v) is 15.2. The fraction of sp³-hybridized carbons (Fsp3) is 0.483. The van der Waals surface area contributed by atoms with Gasteiger partial charge in [0.25, 0.3) is 0 Å². The molecular weight excluding hydrogens is 589 g/mol. The van der Waals surface area contributed by atoms with Crippen molar-refractivity contribution in [3.05, 3.63) is 77.0 Å². The average Bonchev–Trinajstić information content (AvgIpc) is 3.34. The largest absolute Gasteiger partial charge is 0.516 e. The summed E-state index contributed by atoms with van der Waals surface area (Å²) in [5, 5.41) is 7.65. The summed E-state index contributed by atoms with van der Waals surface area (Å²) in [5.74, 6) is -5.39. The number of carbonyl (C=O) groups is 1. The smallest absolute Gasteiger partial charge is 0.458 e. The molecule has 5 rings (SSSR count). The highest BCUT2D eigenvalue weighted by molar-refractivity contribution is 7.92.